The van der Waals surface area contributed by atoms with Crippen molar-refractivity contribution in [1.29, 1.82) is 0 Å². The van der Waals surface area contributed by atoms with E-state index in [1.807, 2.05) is 12.1 Å². The minimum Gasteiger partial charge on any atom is -0.392 e. The van der Waals surface area contributed by atoms with E-state index >= 15 is 0 Å². The molecule has 1 fully saturated rings. The summed E-state index contributed by atoms with van der Waals surface area (Å²) in [5.74, 6) is 0. The van der Waals surface area contributed by atoms with Crippen molar-refractivity contribution in [3.63, 3.8) is 0 Å². The minimum absolute atomic E-state index is 0.117. The summed E-state index contributed by atoms with van der Waals surface area (Å²) in [5, 5.41) is 8.99. The quantitative estimate of drug-likeness (QED) is 0.841. The molecule has 0 bridgehead atoms. The number of hydrogen-bond donors (Lipinski definition) is 1. The van der Waals surface area contributed by atoms with E-state index in [1.54, 1.807) is 0 Å². The molecule has 3 nitrogen and oxygen atoms in total. The molecule has 1 N–H and O–H groups in total. The maximum atomic E-state index is 8.99. The van der Waals surface area contributed by atoms with E-state index in [2.05, 4.69) is 24.0 Å². The van der Waals surface area contributed by atoms with Crippen LogP contribution in [-0.4, -0.2) is 36.3 Å². The Morgan fingerprint density at radius 1 is 1.25 bits per heavy atom. The SMILES string of the molecule is C[C@H](c1ccc(CO)cc1)N1CCOCC1. The molecule has 0 radical (unpaired) electrons. The summed E-state index contributed by atoms with van der Waals surface area (Å²) in [6, 6.07) is 8.62. The smallest absolute Gasteiger partial charge is 0.0681 e. The highest BCUT2D eigenvalue weighted by molar-refractivity contribution is 5.24. The fraction of sp³-hybridized carbons (Fsp3) is 0.538. The molecule has 0 aliphatic carbocycles. The third-order valence-electron chi connectivity index (χ3n) is 3.24. The Morgan fingerprint density at radius 3 is 2.44 bits per heavy atom. The van der Waals surface area contributed by atoms with E-state index in [4.69, 9.17) is 9.84 Å². The van der Waals surface area contributed by atoms with Crippen molar-refractivity contribution in [2.24, 2.45) is 0 Å². The predicted molar refractivity (Wildman–Crippen MR) is 63.2 cm³/mol. The maximum Gasteiger partial charge on any atom is 0.0681 e. The van der Waals surface area contributed by atoms with Crippen molar-refractivity contribution in [2.45, 2.75) is 19.6 Å². The first kappa shape index (κ1) is 11.6. The van der Waals surface area contributed by atoms with E-state index in [0.29, 0.717) is 6.04 Å². The molecule has 0 aromatic heterocycles. The molecule has 1 heterocycles. The molecule has 0 spiro atoms. The standard InChI is InChI=1S/C13H19NO2/c1-11(14-6-8-16-9-7-14)13-4-2-12(10-15)3-5-13/h2-5,11,15H,6-10H2,1H3/t11-/m1/s1. The van der Waals surface area contributed by atoms with Gasteiger partial charge >= 0.3 is 0 Å². The lowest BCUT2D eigenvalue weighted by Crippen LogP contribution is -2.37. The average molecular weight is 221 g/mol. The second-order valence-corrected chi connectivity index (χ2v) is 4.22. The van der Waals surface area contributed by atoms with Gasteiger partial charge in [-0.25, -0.2) is 0 Å². The molecule has 1 aromatic rings. The number of benzene rings is 1. The molecule has 1 aromatic carbocycles. The topological polar surface area (TPSA) is 32.7 Å². The lowest BCUT2D eigenvalue weighted by Gasteiger charge is -2.32. The van der Waals surface area contributed by atoms with Crippen LogP contribution in [0.15, 0.2) is 24.3 Å². The van der Waals surface area contributed by atoms with Gasteiger partial charge in [0.15, 0.2) is 0 Å². The molecule has 0 unspecified atom stereocenters. The summed E-state index contributed by atoms with van der Waals surface area (Å²) in [4.78, 5) is 2.43. The molecule has 88 valence electrons. The van der Waals surface area contributed by atoms with Gasteiger partial charge in [-0.15, -0.1) is 0 Å². The molecule has 1 atom stereocenters. The van der Waals surface area contributed by atoms with Crippen molar-refractivity contribution < 1.29 is 9.84 Å². The van der Waals surface area contributed by atoms with Crippen molar-refractivity contribution in [3.05, 3.63) is 35.4 Å². The highest BCUT2D eigenvalue weighted by Gasteiger charge is 2.17. The number of ether oxygens (including phenoxy) is 1. The maximum absolute atomic E-state index is 8.99. The Balaban J connectivity index is 2.04. The fourth-order valence-corrected chi connectivity index (χ4v) is 2.08. The van der Waals surface area contributed by atoms with E-state index < -0.39 is 0 Å². The van der Waals surface area contributed by atoms with E-state index in [9.17, 15) is 0 Å². The third-order valence-corrected chi connectivity index (χ3v) is 3.24. The largest absolute Gasteiger partial charge is 0.392 e. The Labute approximate surface area is 96.6 Å². The number of nitrogens with zero attached hydrogens (tertiary/aromatic N) is 1. The molecule has 16 heavy (non-hydrogen) atoms. The van der Waals surface area contributed by atoms with Crippen molar-refractivity contribution in [2.75, 3.05) is 26.3 Å². The van der Waals surface area contributed by atoms with Gasteiger partial charge < -0.3 is 9.84 Å². The molecule has 1 aliphatic heterocycles. The van der Waals surface area contributed by atoms with Crippen LogP contribution in [-0.2, 0) is 11.3 Å². The zero-order valence-corrected chi connectivity index (χ0v) is 9.72. The van der Waals surface area contributed by atoms with Crippen LogP contribution in [0.1, 0.15) is 24.1 Å². The molecular formula is C13H19NO2. The number of aliphatic hydroxyl groups is 1. The highest BCUT2D eigenvalue weighted by atomic mass is 16.5. The number of rotatable bonds is 3. The van der Waals surface area contributed by atoms with Gasteiger partial charge in [0.1, 0.15) is 0 Å². The highest BCUT2D eigenvalue weighted by Crippen LogP contribution is 2.21. The van der Waals surface area contributed by atoms with Crippen LogP contribution in [0.25, 0.3) is 0 Å². The van der Waals surface area contributed by atoms with Crippen LogP contribution in [0.3, 0.4) is 0 Å². The van der Waals surface area contributed by atoms with Gasteiger partial charge in [0.05, 0.1) is 19.8 Å². The number of aliphatic hydroxyl groups excluding tert-OH is 1. The lowest BCUT2D eigenvalue weighted by atomic mass is 10.0. The van der Waals surface area contributed by atoms with Crippen LogP contribution in [0.2, 0.25) is 0 Å². The molecular weight excluding hydrogens is 202 g/mol. The van der Waals surface area contributed by atoms with E-state index in [1.165, 1.54) is 5.56 Å². The van der Waals surface area contributed by atoms with Crippen LogP contribution in [0, 0.1) is 0 Å². The normalized spacial score (nSPS) is 19.6. The first-order valence-electron chi connectivity index (χ1n) is 5.83. The van der Waals surface area contributed by atoms with E-state index in [-0.39, 0.29) is 6.61 Å². The van der Waals surface area contributed by atoms with Crippen LogP contribution in [0.4, 0.5) is 0 Å². The lowest BCUT2D eigenvalue weighted by molar-refractivity contribution is 0.0198. The summed E-state index contributed by atoms with van der Waals surface area (Å²) >= 11 is 0. The summed E-state index contributed by atoms with van der Waals surface area (Å²) in [6.07, 6.45) is 0. The zero-order valence-electron chi connectivity index (χ0n) is 9.72. The summed E-state index contributed by atoms with van der Waals surface area (Å²) in [7, 11) is 0. The van der Waals surface area contributed by atoms with Crippen molar-refractivity contribution >= 4 is 0 Å². The molecule has 0 saturated carbocycles. The number of hydrogen-bond acceptors (Lipinski definition) is 3. The van der Waals surface area contributed by atoms with Gasteiger partial charge in [0.25, 0.3) is 0 Å². The second-order valence-electron chi connectivity index (χ2n) is 4.22. The van der Waals surface area contributed by atoms with Crippen molar-refractivity contribution in [1.82, 2.24) is 4.90 Å². The fourth-order valence-electron chi connectivity index (χ4n) is 2.08. The van der Waals surface area contributed by atoms with Crippen molar-refractivity contribution in [3.8, 4) is 0 Å². The summed E-state index contributed by atoms with van der Waals surface area (Å²) < 4.78 is 5.35. The van der Waals surface area contributed by atoms with Crippen LogP contribution >= 0.6 is 0 Å². The van der Waals surface area contributed by atoms with Gasteiger partial charge in [-0.1, -0.05) is 24.3 Å². The Bertz CT molecular complexity index is 317. The molecule has 2 rings (SSSR count). The van der Waals surface area contributed by atoms with Gasteiger partial charge in [-0.3, -0.25) is 4.90 Å². The second kappa shape index (κ2) is 5.43. The van der Waals surface area contributed by atoms with Crippen LogP contribution < -0.4 is 0 Å². The molecule has 0 amide bonds. The van der Waals surface area contributed by atoms with Crippen LogP contribution in [0.5, 0.6) is 0 Å². The first-order chi connectivity index (χ1) is 7.81. The molecule has 1 saturated heterocycles. The van der Waals surface area contributed by atoms with Gasteiger partial charge in [0, 0.05) is 19.1 Å². The monoisotopic (exact) mass is 221 g/mol. The Hall–Kier alpha value is -0.900. The third kappa shape index (κ3) is 2.61. The molecule has 1 aliphatic rings. The Kier molecular flexibility index (Phi) is 3.93. The summed E-state index contributed by atoms with van der Waals surface area (Å²) in [6.45, 7) is 6.01. The minimum atomic E-state index is 0.117. The number of morpholine rings is 1. The van der Waals surface area contributed by atoms with Gasteiger partial charge in [-0.05, 0) is 18.1 Å². The first-order valence-corrected chi connectivity index (χ1v) is 5.83. The van der Waals surface area contributed by atoms with E-state index in [0.717, 1.165) is 31.9 Å². The predicted octanol–water partition coefficient (Wildman–Crippen LogP) is 1.57. The molecule has 3 heteroatoms. The summed E-state index contributed by atoms with van der Waals surface area (Å²) in [5.41, 5.74) is 2.28. The van der Waals surface area contributed by atoms with Gasteiger partial charge in [-0.2, -0.15) is 0 Å². The average Bonchev–Trinajstić information content (AvgIpc) is 2.39. The Morgan fingerprint density at radius 2 is 1.88 bits per heavy atom. The zero-order chi connectivity index (χ0) is 11.4. The van der Waals surface area contributed by atoms with Gasteiger partial charge in [0.2, 0.25) is 0 Å².